The molecule has 70 valence electrons. The highest BCUT2D eigenvalue weighted by molar-refractivity contribution is 5.29. The minimum atomic E-state index is -0.646. The molecule has 0 radical (unpaired) electrons. The van der Waals surface area contributed by atoms with Crippen LogP contribution in [-0.4, -0.2) is 11.1 Å². The first kappa shape index (κ1) is 8.73. The van der Waals surface area contributed by atoms with Crippen LogP contribution in [-0.2, 0) is 5.60 Å². The van der Waals surface area contributed by atoms with Crippen molar-refractivity contribution >= 4 is 0 Å². The van der Waals surface area contributed by atoms with Crippen molar-refractivity contribution in [2.75, 3.05) is 0 Å². The minimum absolute atomic E-state index is 0.173. The molecule has 0 unspecified atom stereocenters. The second-order valence-corrected chi connectivity index (χ2v) is 4.07. The molecule has 2 heteroatoms. The number of hydrogen-bond acceptors (Lipinski definition) is 2. The molecule has 0 aromatic heterocycles. The van der Waals surface area contributed by atoms with Crippen LogP contribution in [0.1, 0.15) is 24.0 Å². The predicted molar refractivity (Wildman–Crippen MR) is 52.3 cm³/mol. The van der Waals surface area contributed by atoms with E-state index >= 15 is 0 Å². The van der Waals surface area contributed by atoms with Gasteiger partial charge in [0, 0.05) is 6.04 Å². The molecule has 1 saturated carbocycles. The van der Waals surface area contributed by atoms with Crippen LogP contribution in [0, 0.1) is 6.92 Å². The Morgan fingerprint density at radius 2 is 1.85 bits per heavy atom. The Morgan fingerprint density at radius 3 is 2.31 bits per heavy atom. The van der Waals surface area contributed by atoms with Crippen LogP contribution in [0.3, 0.4) is 0 Å². The van der Waals surface area contributed by atoms with Gasteiger partial charge in [0.1, 0.15) is 0 Å². The molecule has 2 nitrogen and oxygen atoms in total. The van der Waals surface area contributed by atoms with Gasteiger partial charge in [-0.25, -0.2) is 0 Å². The van der Waals surface area contributed by atoms with E-state index in [1.165, 1.54) is 5.56 Å². The van der Waals surface area contributed by atoms with Gasteiger partial charge in [-0.15, -0.1) is 0 Å². The molecule has 1 fully saturated rings. The van der Waals surface area contributed by atoms with Crippen molar-refractivity contribution in [1.29, 1.82) is 0 Å². The predicted octanol–water partition coefficient (Wildman–Crippen LogP) is 1.30. The van der Waals surface area contributed by atoms with Crippen LogP contribution in [0.15, 0.2) is 24.3 Å². The molecule has 0 bridgehead atoms. The molecule has 0 aliphatic heterocycles. The standard InChI is InChI=1S/C11H15NO/c1-8-2-4-9(5-3-8)11(13)6-10(12)7-11/h2-5,10,13H,6-7,12H2,1H3. The van der Waals surface area contributed by atoms with E-state index in [4.69, 9.17) is 5.73 Å². The number of hydrogen-bond donors (Lipinski definition) is 2. The minimum Gasteiger partial charge on any atom is -0.385 e. The van der Waals surface area contributed by atoms with Crippen LogP contribution >= 0.6 is 0 Å². The fourth-order valence-corrected chi connectivity index (χ4v) is 1.91. The summed E-state index contributed by atoms with van der Waals surface area (Å²) >= 11 is 0. The lowest BCUT2D eigenvalue weighted by Crippen LogP contribution is -2.49. The molecule has 1 aromatic carbocycles. The smallest absolute Gasteiger partial charge is 0.0926 e. The number of aryl methyl sites for hydroxylation is 1. The Bertz CT molecular complexity index is 298. The molecule has 0 atom stereocenters. The lowest BCUT2D eigenvalue weighted by atomic mass is 9.72. The van der Waals surface area contributed by atoms with Gasteiger partial charge in [-0.2, -0.15) is 0 Å². The number of nitrogens with two attached hydrogens (primary N) is 1. The van der Waals surface area contributed by atoms with E-state index in [1.807, 2.05) is 31.2 Å². The van der Waals surface area contributed by atoms with Crippen LogP contribution in [0.4, 0.5) is 0 Å². The summed E-state index contributed by atoms with van der Waals surface area (Å²) in [7, 11) is 0. The van der Waals surface area contributed by atoms with Crippen LogP contribution in [0.2, 0.25) is 0 Å². The van der Waals surface area contributed by atoms with Gasteiger partial charge >= 0.3 is 0 Å². The van der Waals surface area contributed by atoms with E-state index in [0.29, 0.717) is 12.8 Å². The highest BCUT2D eigenvalue weighted by Gasteiger charge is 2.41. The van der Waals surface area contributed by atoms with Gasteiger partial charge in [0.15, 0.2) is 0 Å². The molecule has 13 heavy (non-hydrogen) atoms. The third-order valence-corrected chi connectivity index (χ3v) is 2.79. The largest absolute Gasteiger partial charge is 0.385 e. The third-order valence-electron chi connectivity index (χ3n) is 2.79. The average Bonchev–Trinajstić information content (AvgIpc) is 2.03. The monoisotopic (exact) mass is 177 g/mol. The van der Waals surface area contributed by atoms with E-state index < -0.39 is 5.60 Å². The van der Waals surface area contributed by atoms with Gasteiger partial charge in [0.25, 0.3) is 0 Å². The summed E-state index contributed by atoms with van der Waals surface area (Å²) in [5.74, 6) is 0. The fraction of sp³-hybridized carbons (Fsp3) is 0.455. The first-order valence-corrected chi connectivity index (χ1v) is 4.65. The average molecular weight is 177 g/mol. The van der Waals surface area contributed by atoms with Crippen molar-refractivity contribution in [1.82, 2.24) is 0 Å². The molecule has 1 aliphatic rings. The second-order valence-electron chi connectivity index (χ2n) is 4.07. The molecule has 3 N–H and O–H groups in total. The van der Waals surface area contributed by atoms with Crippen molar-refractivity contribution in [3.8, 4) is 0 Å². The number of benzene rings is 1. The Hall–Kier alpha value is -0.860. The first-order chi connectivity index (χ1) is 6.10. The zero-order valence-corrected chi connectivity index (χ0v) is 7.83. The Kier molecular flexibility index (Phi) is 1.90. The topological polar surface area (TPSA) is 46.2 Å². The van der Waals surface area contributed by atoms with Gasteiger partial charge in [-0.05, 0) is 25.3 Å². The molecule has 1 aliphatic carbocycles. The van der Waals surface area contributed by atoms with Crippen LogP contribution < -0.4 is 5.73 Å². The maximum Gasteiger partial charge on any atom is 0.0926 e. The number of rotatable bonds is 1. The Morgan fingerprint density at radius 1 is 1.31 bits per heavy atom. The summed E-state index contributed by atoms with van der Waals surface area (Å²) in [4.78, 5) is 0. The number of aliphatic hydroxyl groups is 1. The zero-order chi connectivity index (χ0) is 9.47. The van der Waals surface area contributed by atoms with Crippen molar-refractivity contribution in [3.63, 3.8) is 0 Å². The highest BCUT2D eigenvalue weighted by Crippen LogP contribution is 2.40. The summed E-state index contributed by atoms with van der Waals surface area (Å²) in [6.45, 7) is 2.04. The molecule has 2 rings (SSSR count). The zero-order valence-electron chi connectivity index (χ0n) is 7.83. The van der Waals surface area contributed by atoms with E-state index in [2.05, 4.69) is 0 Å². The van der Waals surface area contributed by atoms with Crippen LogP contribution in [0.25, 0.3) is 0 Å². The molecule has 1 aromatic rings. The van der Waals surface area contributed by atoms with Crippen molar-refractivity contribution in [3.05, 3.63) is 35.4 Å². The van der Waals surface area contributed by atoms with E-state index in [-0.39, 0.29) is 6.04 Å². The van der Waals surface area contributed by atoms with Gasteiger partial charge in [-0.3, -0.25) is 0 Å². The molecular formula is C11H15NO. The van der Waals surface area contributed by atoms with Gasteiger partial charge in [0.2, 0.25) is 0 Å². The summed E-state index contributed by atoms with van der Waals surface area (Å²) in [6.07, 6.45) is 1.38. The molecule has 0 heterocycles. The quantitative estimate of drug-likeness (QED) is 0.679. The molecule has 0 amide bonds. The maximum absolute atomic E-state index is 10.1. The van der Waals surface area contributed by atoms with Crippen LogP contribution in [0.5, 0.6) is 0 Å². The summed E-state index contributed by atoms with van der Waals surface area (Å²) < 4.78 is 0. The Balaban J connectivity index is 2.22. The normalized spacial score (nSPS) is 32.7. The fourth-order valence-electron chi connectivity index (χ4n) is 1.91. The highest BCUT2D eigenvalue weighted by atomic mass is 16.3. The van der Waals surface area contributed by atoms with Gasteiger partial charge < -0.3 is 10.8 Å². The van der Waals surface area contributed by atoms with E-state index in [0.717, 1.165) is 5.56 Å². The summed E-state index contributed by atoms with van der Waals surface area (Å²) in [6, 6.07) is 8.20. The van der Waals surface area contributed by atoms with Crippen molar-refractivity contribution < 1.29 is 5.11 Å². The third kappa shape index (κ3) is 1.47. The van der Waals surface area contributed by atoms with E-state index in [9.17, 15) is 5.11 Å². The van der Waals surface area contributed by atoms with E-state index in [1.54, 1.807) is 0 Å². The molecule has 0 saturated heterocycles. The SMILES string of the molecule is Cc1ccc(C2(O)CC(N)C2)cc1. The van der Waals surface area contributed by atoms with Gasteiger partial charge in [0.05, 0.1) is 5.60 Å². The van der Waals surface area contributed by atoms with Crippen molar-refractivity contribution in [2.24, 2.45) is 5.73 Å². The van der Waals surface area contributed by atoms with Crippen molar-refractivity contribution in [2.45, 2.75) is 31.4 Å². The Labute approximate surface area is 78.4 Å². The summed E-state index contributed by atoms with van der Waals surface area (Å²) in [5.41, 5.74) is 7.23. The lowest BCUT2D eigenvalue weighted by molar-refractivity contribution is -0.0522. The summed E-state index contributed by atoms with van der Waals surface area (Å²) in [5, 5.41) is 10.1. The lowest BCUT2D eigenvalue weighted by Gasteiger charge is -2.42. The maximum atomic E-state index is 10.1. The molecule has 0 spiro atoms. The van der Waals surface area contributed by atoms with Gasteiger partial charge in [-0.1, -0.05) is 29.8 Å². The first-order valence-electron chi connectivity index (χ1n) is 4.65. The second kappa shape index (κ2) is 2.82. The molecular weight excluding hydrogens is 162 g/mol.